The maximum atomic E-state index is 13.7. The highest BCUT2D eigenvalue weighted by molar-refractivity contribution is 5.82. The van der Waals surface area contributed by atoms with Gasteiger partial charge in [0.05, 0.1) is 0 Å². The van der Waals surface area contributed by atoms with Crippen molar-refractivity contribution >= 4 is 5.57 Å². The van der Waals surface area contributed by atoms with Gasteiger partial charge in [-0.15, -0.1) is 0 Å². The summed E-state index contributed by atoms with van der Waals surface area (Å²) in [5, 5.41) is 0. The molecule has 3 heteroatoms. The van der Waals surface area contributed by atoms with Crippen LogP contribution in [0.25, 0.3) is 5.57 Å². The molecule has 1 heterocycles. The number of likely N-dealkylation sites (N-methyl/N-ethyl adjacent to an activating group) is 1. The van der Waals surface area contributed by atoms with Crippen molar-refractivity contribution in [2.45, 2.75) is 12.8 Å². The third-order valence-electron chi connectivity index (χ3n) is 4.06. The first kappa shape index (κ1) is 14.9. The van der Waals surface area contributed by atoms with Gasteiger partial charge in [0.1, 0.15) is 11.6 Å². The Labute approximate surface area is 129 Å². The molecule has 0 spiro atoms. The summed E-state index contributed by atoms with van der Waals surface area (Å²) in [6.45, 7) is 1.89. The zero-order valence-corrected chi connectivity index (χ0v) is 12.7. The van der Waals surface area contributed by atoms with E-state index >= 15 is 0 Å². The van der Waals surface area contributed by atoms with Gasteiger partial charge in [-0.2, -0.15) is 0 Å². The molecule has 0 unspecified atom stereocenters. The fourth-order valence-corrected chi connectivity index (χ4v) is 3.11. The van der Waals surface area contributed by atoms with Crippen molar-refractivity contribution in [3.05, 3.63) is 76.9 Å². The van der Waals surface area contributed by atoms with E-state index in [9.17, 15) is 8.78 Å². The summed E-state index contributed by atoms with van der Waals surface area (Å²) in [5.74, 6) is -0.535. The molecule has 22 heavy (non-hydrogen) atoms. The fraction of sp³-hybridized carbons (Fsp3) is 0.263. The second kappa shape index (κ2) is 6.41. The molecule has 0 aliphatic carbocycles. The fourth-order valence-electron chi connectivity index (χ4n) is 3.11. The van der Waals surface area contributed by atoms with E-state index in [4.69, 9.17) is 0 Å². The first-order chi connectivity index (χ1) is 10.6. The number of rotatable bonds is 2. The minimum absolute atomic E-state index is 0.267. The number of likely N-dealkylation sites (tertiary alicyclic amines) is 1. The minimum Gasteiger partial charge on any atom is -0.302 e. The third-order valence-corrected chi connectivity index (χ3v) is 4.06. The van der Waals surface area contributed by atoms with Crippen LogP contribution in [-0.4, -0.2) is 25.0 Å². The molecule has 0 aromatic heterocycles. The van der Waals surface area contributed by atoms with E-state index in [0.717, 1.165) is 42.6 Å². The lowest BCUT2D eigenvalue weighted by molar-refractivity contribution is 0.323. The Morgan fingerprint density at radius 1 is 0.955 bits per heavy atom. The van der Waals surface area contributed by atoms with Crippen LogP contribution < -0.4 is 0 Å². The molecule has 0 bridgehead atoms. The lowest BCUT2D eigenvalue weighted by Gasteiger charge is -2.27. The van der Waals surface area contributed by atoms with Crippen LogP contribution in [0, 0.1) is 11.6 Å². The monoisotopic (exact) mass is 299 g/mol. The molecule has 0 radical (unpaired) electrons. The van der Waals surface area contributed by atoms with Crippen molar-refractivity contribution < 1.29 is 8.78 Å². The molecule has 1 saturated heterocycles. The van der Waals surface area contributed by atoms with Gasteiger partial charge in [0.25, 0.3) is 0 Å². The molecule has 1 aliphatic rings. The van der Waals surface area contributed by atoms with Gasteiger partial charge < -0.3 is 4.90 Å². The highest BCUT2D eigenvalue weighted by Gasteiger charge is 2.18. The van der Waals surface area contributed by atoms with Gasteiger partial charge in [-0.05, 0) is 73.0 Å². The molecular formula is C19H19F2N. The number of piperidine rings is 1. The van der Waals surface area contributed by atoms with Crippen LogP contribution in [0.3, 0.4) is 0 Å². The third kappa shape index (κ3) is 3.25. The second-order valence-electron chi connectivity index (χ2n) is 5.84. The Morgan fingerprint density at radius 2 is 1.55 bits per heavy atom. The van der Waals surface area contributed by atoms with Gasteiger partial charge in [-0.3, -0.25) is 0 Å². The van der Waals surface area contributed by atoms with Crippen LogP contribution in [-0.2, 0) is 0 Å². The van der Waals surface area contributed by atoms with E-state index in [-0.39, 0.29) is 11.6 Å². The van der Waals surface area contributed by atoms with Gasteiger partial charge in [-0.1, -0.05) is 24.3 Å². The Hall–Kier alpha value is -2.00. The molecule has 0 saturated carbocycles. The zero-order valence-electron chi connectivity index (χ0n) is 12.7. The summed E-state index contributed by atoms with van der Waals surface area (Å²) in [5.41, 5.74) is 3.84. The van der Waals surface area contributed by atoms with Crippen molar-refractivity contribution in [3.63, 3.8) is 0 Å². The lowest BCUT2D eigenvalue weighted by Crippen LogP contribution is -2.27. The standard InChI is InChI=1S/C19H19F2N/c1-22-10-4-7-16(13-22)19(14-5-2-8-17(20)11-14)15-6-3-9-18(21)12-15/h2-3,5-6,8-9,11-12H,4,7,10,13H2,1H3. The summed E-state index contributed by atoms with van der Waals surface area (Å²) in [7, 11) is 2.08. The minimum atomic E-state index is -0.267. The molecule has 1 nitrogen and oxygen atoms in total. The molecule has 1 aliphatic heterocycles. The normalized spacial score (nSPS) is 15.9. The highest BCUT2D eigenvalue weighted by Crippen LogP contribution is 2.32. The first-order valence-corrected chi connectivity index (χ1v) is 7.56. The number of hydrogen-bond donors (Lipinski definition) is 0. The average Bonchev–Trinajstić information content (AvgIpc) is 2.48. The van der Waals surface area contributed by atoms with Crippen molar-refractivity contribution in [2.75, 3.05) is 20.1 Å². The van der Waals surface area contributed by atoms with Gasteiger partial charge in [0, 0.05) is 6.54 Å². The Kier molecular flexibility index (Phi) is 4.34. The van der Waals surface area contributed by atoms with E-state index in [1.54, 1.807) is 12.1 Å². The highest BCUT2D eigenvalue weighted by atomic mass is 19.1. The topological polar surface area (TPSA) is 3.24 Å². The van der Waals surface area contributed by atoms with Crippen LogP contribution in [0.2, 0.25) is 0 Å². The second-order valence-corrected chi connectivity index (χ2v) is 5.84. The molecule has 2 aromatic carbocycles. The summed E-state index contributed by atoms with van der Waals surface area (Å²) >= 11 is 0. The molecule has 3 rings (SSSR count). The van der Waals surface area contributed by atoms with Gasteiger partial charge in [-0.25, -0.2) is 8.78 Å². The number of benzene rings is 2. The number of halogens is 2. The maximum absolute atomic E-state index is 13.7. The Morgan fingerprint density at radius 3 is 2.05 bits per heavy atom. The Balaban J connectivity index is 2.16. The van der Waals surface area contributed by atoms with E-state index in [2.05, 4.69) is 11.9 Å². The van der Waals surface area contributed by atoms with Crippen LogP contribution in [0.1, 0.15) is 24.0 Å². The van der Waals surface area contributed by atoms with Crippen LogP contribution in [0.5, 0.6) is 0 Å². The van der Waals surface area contributed by atoms with Gasteiger partial charge >= 0.3 is 0 Å². The van der Waals surface area contributed by atoms with Crippen molar-refractivity contribution in [3.8, 4) is 0 Å². The predicted octanol–water partition coefficient (Wildman–Crippen LogP) is 4.49. The van der Waals surface area contributed by atoms with E-state index in [1.807, 2.05) is 12.1 Å². The van der Waals surface area contributed by atoms with Crippen molar-refractivity contribution in [1.82, 2.24) is 4.90 Å². The SMILES string of the molecule is CN1CCCC(=C(c2cccc(F)c2)c2cccc(F)c2)C1. The van der Waals surface area contributed by atoms with Crippen LogP contribution in [0.15, 0.2) is 54.1 Å². The zero-order chi connectivity index (χ0) is 15.5. The summed E-state index contributed by atoms with van der Waals surface area (Å²) in [6.07, 6.45) is 2.03. The van der Waals surface area contributed by atoms with Gasteiger partial charge in [0.15, 0.2) is 0 Å². The summed E-state index contributed by atoms with van der Waals surface area (Å²) in [6, 6.07) is 13.1. The molecule has 0 amide bonds. The number of nitrogens with zero attached hydrogens (tertiary/aromatic N) is 1. The van der Waals surface area contributed by atoms with E-state index in [0.29, 0.717) is 0 Å². The molecule has 114 valence electrons. The molecule has 0 atom stereocenters. The van der Waals surface area contributed by atoms with Gasteiger partial charge in [0.2, 0.25) is 0 Å². The van der Waals surface area contributed by atoms with E-state index in [1.165, 1.54) is 29.8 Å². The van der Waals surface area contributed by atoms with E-state index < -0.39 is 0 Å². The van der Waals surface area contributed by atoms with Crippen LogP contribution >= 0.6 is 0 Å². The quantitative estimate of drug-likeness (QED) is 0.789. The lowest BCUT2D eigenvalue weighted by atomic mass is 9.89. The largest absolute Gasteiger partial charge is 0.302 e. The molecular weight excluding hydrogens is 280 g/mol. The predicted molar refractivity (Wildman–Crippen MR) is 85.6 cm³/mol. The molecule has 2 aromatic rings. The summed E-state index contributed by atoms with van der Waals surface area (Å²) in [4.78, 5) is 2.25. The summed E-state index contributed by atoms with van der Waals surface area (Å²) < 4.78 is 27.3. The molecule has 1 fully saturated rings. The van der Waals surface area contributed by atoms with Crippen LogP contribution in [0.4, 0.5) is 8.78 Å². The maximum Gasteiger partial charge on any atom is 0.123 e. The molecule has 0 N–H and O–H groups in total. The van der Waals surface area contributed by atoms with Crippen molar-refractivity contribution in [1.29, 1.82) is 0 Å². The number of hydrogen-bond acceptors (Lipinski definition) is 1. The van der Waals surface area contributed by atoms with Crippen molar-refractivity contribution in [2.24, 2.45) is 0 Å². The first-order valence-electron chi connectivity index (χ1n) is 7.56. The smallest absolute Gasteiger partial charge is 0.123 e. The Bertz CT molecular complexity index is 659. The average molecular weight is 299 g/mol.